The monoisotopic (exact) mass is 275 g/mol. The van der Waals surface area contributed by atoms with Crippen LogP contribution in [0.1, 0.15) is 20.8 Å². The number of phosphoric acid groups is 1. The van der Waals surface area contributed by atoms with Crippen LogP contribution in [0.15, 0.2) is 15.5 Å². The summed E-state index contributed by atoms with van der Waals surface area (Å²) in [6, 6.07) is 0. The lowest BCUT2D eigenvalue weighted by Crippen LogP contribution is -1.66. The Labute approximate surface area is 98.6 Å². The maximum atomic E-state index is 8.92. The highest BCUT2D eigenvalue weighted by Crippen LogP contribution is 2.25. The highest BCUT2D eigenvalue weighted by atomic mass is 31.2. The Morgan fingerprint density at radius 3 is 0.824 bits per heavy atom. The van der Waals surface area contributed by atoms with E-state index in [9.17, 15) is 0 Å². The fourth-order valence-electron chi connectivity index (χ4n) is 0. The number of nitrogens with zero attached hydrogens (tertiary/aromatic N) is 3. The van der Waals surface area contributed by atoms with Crippen LogP contribution in [0.25, 0.3) is 0 Å². The summed E-state index contributed by atoms with van der Waals surface area (Å²) in [5.74, 6) is 0. The number of rotatable bonds is 3. The van der Waals surface area contributed by atoms with E-state index in [1.807, 2.05) is 0 Å². The van der Waals surface area contributed by atoms with E-state index in [1.165, 1.54) is 0 Å². The Balaban J connectivity index is -0.0000000667. The molecule has 0 aromatic rings. The zero-order chi connectivity index (χ0) is 14.7. The van der Waals surface area contributed by atoms with Gasteiger partial charge in [0.15, 0.2) is 0 Å². The maximum absolute atomic E-state index is 8.92. The summed E-state index contributed by atoms with van der Waals surface area (Å²) in [5, 5.41) is 7.46. The lowest BCUT2D eigenvalue weighted by Gasteiger charge is -1.82. The molecular weight excluding hydrogens is 257 g/mol. The molecule has 0 rings (SSSR count). The molecule has 0 aliphatic rings. The minimum absolute atomic E-state index is 0.389. The molecule has 0 fully saturated rings. The molecule has 0 saturated carbocycles. The van der Waals surface area contributed by atoms with Crippen LogP contribution in [0, 0.1) is 14.7 Å². The Morgan fingerprint density at radius 2 is 0.824 bits per heavy atom. The van der Waals surface area contributed by atoms with Crippen LogP contribution in [0.4, 0.5) is 0 Å². The fraction of sp³-hybridized carbons (Fsp3) is 1.00. The van der Waals surface area contributed by atoms with Crippen LogP contribution in [0.2, 0.25) is 0 Å². The zero-order valence-electron chi connectivity index (χ0n) is 9.88. The van der Waals surface area contributed by atoms with Crippen molar-refractivity contribution >= 4 is 7.82 Å². The SMILES string of the molecule is CCN=O.CCN=O.CCN=O.O=P(O)(O)O. The Hall–Kier alpha value is -1.09. The lowest BCUT2D eigenvalue weighted by atomic mass is 10.8. The van der Waals surface area contributed by atoms with Crippen molar-refractivity contribution in [2.75, 3.05) is 19.6 Å². The largest absolute Gasteiger partial charge is 0.466 e. The molecule has 3 N–H and O–H groups in total. The molecular formula is C6H18N3O7P. The average Bonchev–Trinajstić information content (AvgIpc) is 2.27. The molecule has 0 saturated heterocycles. The number of hydrogen-bond donors (Lipinski definition) is 3. The van der Waals surface area contributed by atoms with Crippen LogP contribution in [-0.4, -0.2) is 34.3 Å². The first-order valence-electron chi connectivity index (χ1n) is 4.40. The second kappa shape index (κ2) is 24.2. The topological polar surface area (TPSA) is 166 Å². The third kappa shape index (κ3) is 681. The standard InChI is InChI=1S/3C2H5NO.H3O4P/c3*1-2-3-4;1-5(2,3)4/h3*2H2,1H3;(H3,1,2,3,4). The second-order valence-corrected chi connectivity index (χ2v) is 2.88. The summed E-state index contributed by atoms with van der Waals surface area (Å²) < 4.78 is 8.88. The maximum Gasteiger partial charge on any atom is 0.466 e. The molecule has 0 aromatic heterocycles. The van der Waals surface area contributed by atoms with Crippen molar-refractivity contribution in [2.45, 2.75) is 20.8 Å². The smallest absolute Gasteiger partial charge is 0.303 e. The number of hydrogen-bond acceptors (Lipinski definition) is 7. The molecule has 17 heavy (non-hydrogen) atoms. The van der Waals surface area contributed by atoms with E-state index in [0.29, 0.717) is 19.6 Å². The van der Waals surface area contributed by atoms with Crippen LogP contribution in [0.3, 0.4) is 0 Å². The van der Waals surface area contributed by atoms with Crippen molar-refractivity contribution in [3.8, 4) is 0 Å². The molecule has 0 aromatic carbocycles. The van der Waals surface area contributed by atoms with Crippen molar-refractivity contribution in [3.05, 3.63) is 14.7 Å². The van der Waals surface area contributed by atoms with Gasteiger partial charge in [0.1, 0.15) is 0 Å². The molecule has 0 atom stereocenters. The van der Waals surface area contributed by atoms with E-state index in [-0.39, 0.29) is 0 Å². The highest BCUT2D eigenvalue weighted by Gasteiger charge is 2.00. The minimum Gasteiger partial charge on any atom is -0.303 e. The quantitative estimate of drug-likeness (QED) is 0.516. The van der Waals surface area contributed by atoms with Crippen LogP contribution in [0.5, 0.6) is 0 Å². The van der Waals surface area contributed by atoms with Crippen LogP contribution >= 0.6 is 7.82 Å². The van der Waals surface area contributed by atoms with Gasteiger partial charge in [-0.25, -0.2) is 4.57 Å². The first kappa shape index (κ1) is 24.9. The van der Waals surface area contributed by atoms with Gasteiger partial charge in [-0.05, 0) is 20.8 Å². The van der Waals surface area contributed by atoms with Gasteiger partial charge >= 0.3 is 7.82 Å². The average molecular weight is 275 g/mol. The van der Waals surface area contributed by atoms with Crippen molar-refractivity contribution in [3.63, 3.8) is 0 Å². The summed E-state index contributed by atoms with van der Waals surface area (Å²) in [5.41, 5.74) is 0. The molecule has 0 amide bonds. The Kier molecular flexibility index (Phi) is 35.5. The van der Waals surface area contributed by atoms with Gasteiger partial charge < -0.3 is 14.7 Å². The van der Waals surface area contributed by atoms with Crippen molar-refractivity contribution in [1.82, 2.24) is 0 Å². The van der Waals surface area contributed by atoms with E-state index in [0.717, 1.165) is 0 Å². The third-order valence-corrected chi connectivity index (χ3v) is 0.387. The van der Waals surface area contributed by atoms with E-state index >= 15 is 0 Å². The van der Waals surface area contributed by atoms with Gasteiger partial charge in [-0.3, -0.25) is 0 Å². The zero-order valence-corrected chi connectivity index (χ0v) is 10.8. The second-order valence-electron chi connectivity index (χ2n) is 1.85. The molecule has 0 radical (unpaired) electrons. The molecule has 11 heteroatoms. The summed E-state index contributed by atoms with van der Waals surface area (Å²) in [4.78, 5) is 48.3. The molecule has 0 heterocycles. The first-order chi connectivity index (χ1) is 7.74. The Bertz CT molecular complexity index is 181. The van der Waals surface area contributed by atoms with Gasteiger partial charge in [0, 0.05) is 0 Å². The molecule has 0 aliphatic carbocycles. The van der Waals surface area contributed by atoms with Crippen LogP contribution < -0.4 is 0 Å². The van der Waals surface area contributed by atoms with Gasteiger partial charge in [-0.15, -0.1) is 0 Å². The van der Waals surface area contributed by atoms with Crippen molar-refractivity contribution in [1.29, 1.82) is 0 Å². The molecule has 10 nitrogen and oxygen atoms in total. The predicted molar refractivity (Wildman–Crippen MR) is 63.3 cm³/mol. The highest BCUT2D eigenvalue weighted by molar-refractivity contribution is 7.45. The van der Waals surface area contributed by atoms with E-state index < -0.39 is 7.82 Å². The summed E-state index contributed by atoms with van der Waals surface area (Å²) in [6.07, 6.45) is 0. The van der Waals surface area contributed by atoms with Crippen LogP contribution in [-0.2, 0) is 4.57 Å². The van der Waals surface area contributed by atoms with Gasteiger partial charge in [-0.2, -0.15) is 14.7 Å². The van der Waals surface area contributed by atoms with Crippen molar-refractivity contribution in [2.24, 2.45) is 15.5 Å². The van der Waals surface area contributed by atoms with E-state index in [2.05, 4.69) is 15.5 Å². The van der Waals surface area contributed by atoms with Gasteiger partial charge in [-0.1, -0.05) is 15.5 Å². The first-order valence-corrected chi connectivity index (χ1v) is 5.97. The minimum atomic E-state index is -4.64. The molecule has 0 bridgehead atoms. The summed E-state index contributed by atoms with van der Waals surface area (Å²) >= 11 is 0. The normalized spacial score (nSPS) is 7.88. The molecule has 0 unspecified atom stereocenters. The molecule has 0 spiro atoms. The summed E-state index contributed by atoms with van der Waals surface area (Å²) in [7, 11) is -4.64. The number of nitroso groups, excluding NO2 is 3. The van der Waals surface area contributed by atoms with E-state index in [4.69, 9.17) is 34.0 Å². The summed E-state index contributed by atoms with van der Waals surface area (Å²) in [6.45, 7) is 6.27. The van der Waals surface area contributed by atoms with Gasteiger partial charge in [0.05, 0.1) is 19.6 Å². The lowest BCUT2D eigenvalue weighted by molar-refractivity contribution is 0.275. The predicted octanol–water partition coefficient (Wildman–Crippen LogP) is 1.39. The van der Waals surface area contributed by atoms with E-state index in [1.54, 1.807) is 20.8 Å². The molecule has 104 valence electrons. The third-order valence-electron chi connectivity index (χ3n) is 0.387. The Morgan fingerprint density at radius 1 is 0.765 bits per heavy atom. The molecule has 0 aliphatic heterocycles. The van der Waals surface area contributed by atoms with Gasteiger partial charge in [0.25, 0.3) is 0 Å². The van der Waals surface area contributed by atoms with Crippen molar-refractivity contribution < 1.29 is 19.2 Å². The fourth-order valence-corrected chi connectivity index (χ4v) is 0. The van der Waals surface area contributed by atoms with Gasteiger partial charge in [0.2, 0.25) is 0 Å².